The highest BCUT2D eigenvalue weighted by Gasteiger charge is 2.36. The molecule has 1 amide bonds. The number of aliphatic carboxylic acids is 1. The average Bonchev–Trinajstić information content (AvgIpc) is 3.07. The zero-order valence-electron chi connectivity index (χ0n) is 15.9. The van der Waals surface area contributed by atoms with Gasteiger partial charge in [0.1, 0.15) is 0 Å². The minimum Gasteiger partial charge on any atom is -0.481 e. The zero-order valence-corrected chi connectivity index (χ0v) is 15.9. The van der Waals surface area contributed by atoms with Crippen LogP contribution in [0.5, 0.6) is 0 Å². The molecule has 0 saturated carbocycles. The van der Waals surface area contributed by atoms with E-state index < -0.39 is 11.9 Å². The van der Waals surface area contributed by atoms with Crippen LogP contribution in [0.1, 0.15) is 35.7 Å². The predicted octanol–water partition coefficient (Wildman–Crippen LogP) is 4.01. The SMILES string of the molecule is C[C@@H]1[C@H](C(=O)O)CCCN1C(=O)c1cn(Cc2ccccc2)c2ccccc12. The van der Waals surface area contributed by atoms with E-state index in [9.17, 15) is 14.7 Å². The van der Waals surface area contributed by atoms with Crippen LogP contribution in [0, 0.1) is 5.92 Å². The van der Waals surface area contributed by atoms with E-state index in [0.717, 1.165) is 17.3 Å². The molecule has 3 aromatic rings. The molecule has 0 bridgehead atoms. The first-order valence-electron chi connectivity index (χ1n) is 9.72. The summed E-state index contributed by atoms with van der Waals surface area (Å²) >= 11 is 0. The molecule has 0 aliphatic carbocycles. The smallest absolute Gasteiger partial charge is 0.308 e. The first-order chi connectivity index (χ1) is 13.6. The molecular formula is C23H24N2O3. The topological polar surface area (TPSA) is 62.5 Å². The molecular weight excluding hydrogens is 352 g/mol. The molecule has 1 saturated heterocycles. The van der Waals surface area contributed by atoms with Gasteiger partial charge in [-0.05, 0) is 31.4 Å². The number of hydrogen-bond acceptors (Lipinski definition) is 2. The van der Waals surface area contributed by atoms with Gasteiger partial charge in [0.25, 0.3) is 5.91 Å². The Kier molecular flexibility index (Phi) is 4.90. The van der Waals surface area contributed by atoms with Crippen molar-refractivity contribution in [1.82, 2.24) is 9.47 Å². The van der Waals surface area contributed by atoms with Crippen LogP contribution in [-0.4, -0.2) is 39.0 Å². The lowest BCUT2D eigenvalue weighted by Gasteiger charge is -2.37. The van der Waals surface area contributed by atoms with Crippen molar-refractivity contribution < 1.29 is 14.7 Å². The van der Waals surface area contributed by atoms with Gasteiger partial charge in [-0.1, -0.05) is 48.5 Å². The Morgan fingerprint density at radius 1 is 1.07 bits per heavy atom. The van der Waals surface area contributed by atoms with Crippen molar-refractivity contribution in [3.8, 4) is 0 Å². The molecule has 1 N–H and O–H groups in total. The minimum atomic E-state index is -0.823. The van der Waals surface area contributed by atoms with Gasteiger partial charge in [-0.15, -0.1) is 0 Å². The second-order valence-corrected chi connectivity index (χ2v) is 7.50. The fourth-order valence-electron chi connectivity index (χ4n) is 4.24. The Balaban J connectivity index is 1.70. The first-order valence-corrected chi connectivity index (χ1v) is 9.72. The number of carboxylic acid groups (broad SMARTS) is 1. The Morgan fingerprint density at radius 3 is 2.54 bits per heavy atom. The quantitative estimate of drug-likeness (QED) is 0.748. The van der Waals surface area contributed by atoms with Gasteiger partial charge in [-0.25, -0.2) is 0 Å². The van der Waals surface area contributed by atoms with Gasteiger partial charge in [0.15, 0.2) is 0 Å². The molecule has 0 radical (unpaired) electrons. The number of aromatic nitrogens is 1. The second kappa shape index (κ2) is 7.50. The van der Waals surface area contributed by atoms with E-state index in [1.165, 1.54) is 5.56 Å². The van der Waals surface area contributed by atoms with E-state index in [1.807, 2.05) is 55.6 Å². The summed E-state index contributed by atoms with van der Waals surface area (Å²) in [6.45, 7) is 3.13. The van der Waals surface area contributed by atoms with E-state index in [1.54, 1.807) is 4.90 Å². The molecule has 28 heavy (non-hydrogen) atoms. The number of benzene rings is 2. The Labute approximate surface area is 164 Å². The third kappa shape index (κ3) is 3.28. The second-order valence-electron chi connectivity index (χ2n) is 7.50. The molecule has 144 valence electrons. The molecule has 2 aromatic carbocycles. The lowest BCUT2D eigenvalue weighted by atomic mass is 9.90. The normalized spacial score (nSPS) is 19.7. The Bertz CT molecular complexity index is 1010. The van der Waals surface area contributed by atoms with E-state index in [2.05, 4.69) is 16.7 Å². The highest BCUT2D eigenvalue weighted by Crippen LogP contribution is 2.29. The lowest BCUT2D eigenvalue weighted by Crippen LogP contribution is -2.49. The van der Waals surface area contributed by atoms with Gasteiger partial charge in [-0.3, -0.25) is 9.59 Å². The van der Waals surface area contributed by atoms with Gasteiger partial charge < -0.3 is 14.6 Å². The summed E-state index contributed by atoms with van der Waals surface area (Å²) in [7, 11) is 0. The Hall–Kier alpha value is -3.08. The van der Waals surface area contributed by atoms with Crippen LogP contribution < -0.4 is 0 Å². The molecule has 0 spiro atoms. The molecule has 0 unspecified atom stereocenters. The van der Waals surface area contributed by atoms with Crippen LogP contribution in [0.25, 0.3) is 10.9 Å². The highest BCUT2D eigenvalue weighted by atomic mass is 16.4. The number of fused-ring (bicyclic) bond motifs is 1. The third-order valence-corrected chi connectivity index (χ3v) is 5.78. The van der Waals surface area contributed by atoms with Crippen LogP contribution in [0.3, 0.4) is 0 Å². The van der Waals surface area contributed by atoms with Crippen molar-refractivity contribution in [2.75, 3.05) is 6.54 Å². The standard InChI is InChI=1S/C23H24N2O3/c1-16-18(23(27)28)11-7-13-25(16)22(26)20-15-24(14-17-8-3-2-4-9-17)21-12-6-5-10-19(20)21/h2-6,8-10,12,15-16,18H,7,11,13-14H2,1H3,(H,27,28)/t16-,18-/m1/s1. The van der Waals surface area contributed by atoms with Gasteiger partial charge in [0.2, 0.25) is 0 Å². The van der Waals surface area contributed by atoms with Crippen LogP contribution in [0.2, 0.25) is 0 Å². The maximum atomic E-state index is 13.4. The summed E-state index contributed by atoms with van der Waals surface area (Å²) in [4.78, 5) is 26.7. The van der Waals surface area contributed by atoms with Gasteiger partial charge in [-0.2, -0.15) is 0 Å². The molecule has 2 atom stereocenters. The van der Waals surface area contributed by atoms with Crippen LogP contribution >= 0.6 is 0 Å². The number of amides is 1. The molecule has 1 fully saturated rings. The maximum absolute atomic E-state index is 13.4. The van der Waals surface area contributed by atoms with E-state index in [-0.39, 0.29) is 11.9 Å². The number of carbonyl (C=O) groups is 2. The summed E-state index contributed by atoms with van der Waals surface area (Å²) in [5.41, 5.74) is 2.82. The molecule has 1 aromatic heterocycles. The summed E-state index contributed by atoms with van der Waals surface area (Å²) in [6, 6.07) is 17.7. The minimum absolute atomic E-state index is 0.0820. The van der Waals surface area contributed by atoms with Crippen molar-refractivity contribution in [3.63, 3.8) is 0 Å². The lowest BCUT2D eigenvalue weighted by molar-refractivity contribution is -0.144. The van der Waals surface area contributed by atoms with Crippen LogP contribution in [0.15, 0.2) is 60.8 Å². The monoisotopic (exact) mass is 376 g/mol. The molecule has 1 aliphatic heterocycles. The molecule has 5 nitrogen and oxygen atoms in total. The van der Waals surface area contributed by atoms with Crippen molar-refractivity contribution in [3.05, 3.63) is 71.9 Å². The number of hydrogen-bond donors (Lipinski definition) is 1. The number of para-hydroxylation sites is 1. The summed E-state index contributed by atoms with van der Waals surface area (Å²) in [5, 5.41) is 10.4. The summed E-state index contributed by atoms with van der Waals surface area (Å²) < 4.78 is 2.10. The number of nitrogens with zero attached hydrogens (tertiary/aromatic N) is 2. The van der Waals surface area contributed by atoms with Gasteiger partial charge in [0, 0.05) is 36.2 Å². The highest BCUT2D eigenvalue weighted by molar-refractivity contribution is 6.07. The number of likely N-dealkylation sites (tertiary alicyclic amines) is 1. The number of piperidine rings is 1. The predicted molar refractivity (Wildman–Crippen MR) is 108 cm³/mol. The number of carbonyl (C=O) groups excluding carboxylic acids is 1. The zero-order chi connectivity index (χ0) is 19.7. The summed E-state index contributed by atoms with van der Waals surface area (Å²) in [5.74, 6) is -1.41. The van der Waals surface area contributed by atoms with E-state index in [4.69, 9.17) is 0 Å². The number of rotatable bonds is 4. The summed E-state index contributed by atoms with van der Waals surface area (Å²) in [6.07, 6.45) is 3.25. The number of carboxylic acids is 1. The largest absolute Gasteiger partial charge is 0.481 e. The van der Waals surface area contributed by atoms with Gasteiger partial charge >= 0.3 is 5.97 Å². The Morgan fingerprint density at radius 2 is 1.79 bits per heavy atom. The fraction of sp³-hybridized carbons (Fsp3) is 0.304. The van der Waals surface area contributed by atoms with Crippen molar-refractivity contribution >= 4 is 22.8 Å². The van der Waals surface area contributed by atoms with E-state index in [0.29, 0.717) is 25.1 Å². The maximum Gasteiger partial charge on any atom is 0.308 e. The van der Waals surface area contributed by atoms with Crippen molar-refractivity contribution in [2.24, 2.45) is 5.92 Å². The van der Waals surface area contributed by atoms with Gasteiger partial charge in [0.05, 0.1) is 11.5 Å². The first kappa shape index (κ1) is 18.3. The third-order valence-electron chi connectivity index (χ3n) is 5.78. The van der Waals surface area contributed by atoms with Crippen molar-refractivity contribution in [2.45, 2.75) is 32.4 Å². The van der Waals surface area contributed by atoms with E-state index >= 15 is 0 Å². The average molecular weight is 376 g/mol. The molecule has 2 heterocycles. The van der Waals surface area contributed by atoms with Crippen molar-refractivity contribution in [1.29, 1.82) is 0 Å². The fourth-order valence-corrected chi connectivity index (χ4v) is 4.24. The van der Waals surface area contributed by atoms with Crippen LogP contribution in [-0.2, 0) is 11.3 Å². The van der Waals surface area contributed by atoms with Crippen LogP contribution in [0.4, 0.5) is 0 Å². The molecule has 5 heteroatoms. The molecule has 4 rings (SSSR count). The molecule has 1 aliphatic rings.